The van der Waals surface area contributed by atoms with E-state index in [1.165, 1.54) is 0 Å². The maximum absolute atomic E-state index is 12.6. The van der Waals surface area contributed by atoms with E-state index in [1.807, 2.05) is 44.2 Å². The number of aliphatic carboxylic acids is 1. The number of nitrogens with zero attached hydrogens (tertiary/aromatic N) is 1. The first-order valence-electron chi connectivity index (χ1n) is 7.10. The van der Waals surface area contributed by atoms with Crippen LogP contribution in [0.3, 0.4) is 0 Å². The molecule has 2 rings (SSSR count). The Morgan fingerprint density at radius 3 is 2.41 bits per heavy atom. The van der Waals surface area contributed by atoms with Crippen molar-refractivity contribution < 1.29 is 14.7 Å². The van der Waals surface area contributed by atoms with E-state index in [0.717, 1.165) is 15.2 Å². The summed E-state index contributed by atoms with van der Waals surface area (Å²) in [6, 6.07) is 11.4. The van der Waals surface area contributed by atoms with Crippen LogP contribution in [0.15, 0.2) is 40.9 Å². The number of benzene rings is 2. The third-order valence-corrected chi connectivity index (χ3v) is 3.99. The number of fused-ring (bicyclic) bond motifs is 1. The van der Waals surface area contributed by atoms with Crippen molar-refractivity contribution in [2.24, 2.45) is 0 Å². The molecule has 0 heterocycles. The molecular weight excluding hydrogens is 346 g/mol. The van der Waals surface area contributed by atoms with Crippen LogP contribution in [0.4, 0.5) is 0 Å². The van der Waals surface area contributed by atoms with Crippen molar-refractivity contribution in [3.63, 3.8) is 0 Å². The predicted octanol–water partition coefficient (Wildman–Crippen LogP) is 3.93. The number of halogens is 1. The number of hydrogen-bond acceptors (Lipinski definition) is 2. The second kappa shape index (κ2) is 6.92. The fraction of sp³-hybridized carbons (Fsp3) is 0.294. The molecule has 2 aromatic carbocycles. The molecule has 0 aliphatic heterocycles. The fourth-order valence-corrected chi connectivity index (χ4v) is 2.70. The summed E-state index contributed by atoms with van der Waals surface area (Å²) in [7, 11) is 0. The van der Waals surface area contributed by atoms with Gasteiger partial charge in [-0.15, -0.1) is 0 Å². The molecule has 0 saturated carbocycles. The van der Waals surface area contributed by atoms with E-state index < -0.39 is 5.97 Å². The number of hydrogen-bond donors (Lipinski definition) is 1. The molecule has 1 N–H and O–H groups in total. The summed E-state index contributed by atoms with van der Waals surface area (Å²) in [4.78, 5) is 25.0. The van der Waals surface area contributed by atoms with Crippen molar-refractivity contribution >= 4 is 38.6 Å². The first-order chi connectivity index (χ1) is 10.4. The van der Waals surface area contributed by atoms with Crippen LogP contribution in [-0.4, -0.2) is 34.5 Å². The van der Waals surface area contributed by atoms with E-state index in [1.54, 1.807) is 11.0 Å². The Kier molecular flexibility index (Phi) is 5.19. The van der Waals surface area contributed by atoms with Crippen LogP contribution < -0.4 is 0 Å². The van der Waals surface area contributed by atoms with E-state index in [9.17, 15) is 9.59 Å². The lowest BCUT2D eigenvalue weighted by atomic mass is 10.1. The Morgan fingerprint density at radius 1 is 1.14 bits per heavy atom. The molecule has 2 aromatic rings. The third-order valence-electron chi connectivity index (χ3n) is 3.50. The van der Waals surface area contributed by atoms with Gasteiger partial charge in [0.15, 0.2) is 0 Å². The molecular formula is C17H18BrNO3. The summed E-state index contributed by atoms with van der Waals surface area (Å²) in [5, 5.41) is 10.9. The van der Waals surface area contributed by atoms with Gasteiger partial charge in [-0.2, -0.15) is 0 Å². The zero-order valence-corrected chi connectivity index (χ0v) is 14.1. The topological polar surface area (TPSA) is 57.6 Å². The molecule has 0 aliphatic carbocycles. The van der Waals surface area contributed by atoms with Crippen molar-refractivity contribution in [1.29, 1.82) is 0 Å². The van der Waals surface area contributed by atoms with Crippen LogP contribution >= 0.6 is 15.9 Å². The molecule has 5 heteroatoms. The van der Waals surface area contributed by atoms with Gasteiger partial charge in [0.2, 0.25) is 0 Å². The van der Waals surface area contributed by atoms with E-state index in [4.69, 9.17) is 5.11 Å². The highest BCUT2D eigenvalue weighted by atomic mass is 79.9. The van der Waals surface area contributed by atoms with Gasteiger partial charge in [-0.1, -0.05) is 28.1 Å². The highest BCUT2D eigenvalue weighted by Gasteiger charge is 2.19. The van der Waals surface area contributed by atoms with Gasteiger partial charge in [0.25, 0.3) is 5.91 Å². The lowest BCUT2D eigenvalue weighted by molar-refractivity contribution is -0.137. The van der Waals surface area contributed by atoms with Crippen LogP contribution in [0.2, 0.25) is 0 Å². The molecule has 0 spiro atoms. The lowest BCUT2D eigenvalue weighted by Crippen LogP contribution is -2.38. The summed E-state index contributed by atoms with van der Waals surface area (Å²) < 4.78 is 0.990. The van der Waals surface area contributed by atoms with Gasteiger partial charge in [0.1, 0.15) is 0 Å². The second-order valence-corrected chi connectivity index (χ2v) is 6.36. The molecule has 116 valence electrons. The minimum Gasteiger partial charge on any atom is -0.481 e. The molecule has 1 amide bonds. The number of amides is 1. The van der Waals surface area contributed by atoms with Gasteiger partial charge in [0, 0.05) is 22.6 Å². The summed E-state index contributed by atoms with van der Waals surface area (Å²) in [6.45, 7) is 3.99. The molecule has 22 heavy (non-hydrogen) atoms. The quantitative estimate of drug-likeness (QED) is 0.875. The van der Waals surface area contributed by atoms with E-state index in [0.29, 0.717) is 5.56 Å². The Hall–Kier alpha value is -1.88. The molecule has 0 aliphatic rings. The van der Waals surface area contributed by atoms with Crippen molar-refractivity contribution in [3.8, 4) is 0 Å². The fourth-order valence-electron chi connectivity index (χ4n) is 2.33. The highest BCUT2D eigenvalue weighted by Crippen LogP contribution is 2.22. The lowest BCUT2D eigenvalue weighted by Gasteiger charge is -2.26. The van der Waals surface area contributed by atoms with Crippen molar-refractivity contribution in [2.45, 2.75) is 26.3 Å². The molecule has 0 fully saturated rings. The van der Waals surface area contributed by atoms with Crippen LogP contribution in [0.1, 0.15) is 30.6 Å². The smallest absolute Gasteiger partial charge is 0.305 e. The van der Waals surface area contributed by atoms with Crippen LogP contribution in [0.25, 0.3) is 10.8 Å². The first kappa shape index (κ1) is 16.5. The predicted molar refractivity (Wildman–Crippen MR) is 90.1 cm³/mol. The molecule has 0 aromatic heterocycles. The molecule has 0 bridgehead atoms. The van der Waals surface area contributed by atoms with Gasteiger partial charge >= 0.3 is 5.97 Å². The molecule has 4 nitrogen and oxygen atoms in total. The van der Waals surface area contributed by atoms with E-state index in [-0.39, 0.29) is 24.9 Å². The number of carboxylic acids is 1. The number of carboxylic acid groups (broad SMARTS) is 1. The van der Waals surface area contributed by atoms with Gasteiger partial charge in [-0.05, 0) is 48.9 Å². The average Bonchev–Trinajstić information content (AvgIpc) is 2.46. The SMILES string of the molecule is CC(C)N(CCC(=O)O)C(=O)c1ccc2cc(Br)ccc2c1. The Morgan fingerprint density at radius 2 is 1.77 bits per heavy atom. The zero-order chi connectivity index (χ0) is 16.3. The van der Waals surface area contributed by atoms with Crippen LogP contribution in [0.5, 0.6) is 0 Å². The number of carbonyl (C=O) groups is 2. The molecule has 0 radical (unpaired) electrons. The highest BCUT2D eigenvalue weighted by molar-refractivity contribution is 9.10. The zero-order valence-electron chi connectivity index (χ0n) is 12.5. The molecule has 0 unspecified atom stereocenters. The Bertz CT molecular complexity index is 712. The maximum Gasteiger partial charge on any atom is 0.305 e. The van der Waals surface area contributed by atoms with Crippen molar-refractivity contribution in [1.82, 2.24) is 4.90 Å². The minimum atomic E-state index is -0.901. The molecule has 0 atom stereocenters. The number of rotatable bonds is 5. The average molecular weight is 364 g/mol. The van der Waals surface area contributed by atoms with E-state index in [2.05, 4.69) is 15.9 Å². The monoisotopic (exact) mass is 363 g/mol. The van der Waals surface area contributed by atoms with Crippen LogP contribution in [-0.2, 0) is 4.79 Å². The third kappa shape index (κ3) is 3.85. The van der Waals surface area contributed by atoms with Crippen molar-refractivity contribution in [2.75, 3.05) is 6.54 Å². The summed E-state index contributed by atoms with van der Waals surface area (Å²) in [6.07, 6.45) is -0.0511. The summed E-state index contributed by atoms with van der Waals surface area (Å²) in [5.74, 6) is -1.04. The Labute approximate surface area is 137 Å². The van der Waals surface area contributed by atoms with E-state index >= 15 is 0 Å². The van der Waals surface area contributed by atoms with Gasteiger partial charge in [-0.3, -0.25) is 9.59 Å². The number of carbonyl (C=O) groups excluding carboxylic acids is 1. The van der Waals surface area contributed by atoms with Gasteiger partial charge in [0.05, 0.1) is 6.42 Å². The standard InChI is InChI=1S/C17H18BrNO3/c1-11(2)19(8-7-16(20)21)17(22)14-4-3-13-10-15(18)6-5-12(13)9-14/h3-6,9-11H,7-8H2,1-2H3,(H,20,21). The summed E-state index contributed by atoms with van der Waals surface area (Å²) in [5.41, 5.74) is 0.578. The minimum absolute atomic E-state index is 0.0486. The largest absolute Gasteiger partial charge is 0.481 e. The first-order valence-corrected chi connectivity index (χ1v) is 7.90. The molecule has 0 saturated heterocycles. The van der Waals surface area contributed by atoms with Crippen LogP contribution in [0, 0.1) is 0 Å². The maximum atomic E-state index is 12.6. The normalized spacial score (nSPS) is 10.9. The van der Waals surface area contributed by atoms with Gasteiger partial charge < -0.3 is 10.0 Å². The second-order valence-electron chi connectivity index (χ2n) is 5.44. The summed E-state index contributed by atoms with van der Waals surface area (Å²) >= 11 is 3.43. The van der Waals surface area contributed by atoms with Crippen molar-refractivity contribution in [3.05, 3.63) is 46.4 Å². The van der Waals surface area contributed by atoms with Gasteiger partial charge in [-0.25, -0.2) is 0 Å². The Balaban J connectivity index is 2.29.